The fourth-order valence-corrected chi connectivity index (χ4v) is 4.27. The number of nitrogens with one attached hydrogen (secondary N) is 1. The number of para-hydroxylation sites is 4. The van der Waals surface area contributed by atoms with Crippen LogP contribution in [0.1, 0.15) is 0 Å². The van der Waals surface area contributed by atoms with Gasteiger partial charge in [-0.15, -0.1) is 0 Å². The number of nitrogens with zero attached hydrogens (tertiary/aromatic N) is 2. The first-order valence-corrected chi connectivity index (χ1v) is 11.8. The Balaban J connectivity index is 0.000000172. The highest BCUT2D eigenvalue weighted by atomic mass is 31.1. The molecule has 1 heterocycles. The maximum absolute atomic E-state index is 4.44. The van der Waals surface area contributed by atoms with Crippen LogP contribution in [0.5, 0.6) is 0 Å². The Labute approximate surface area is 197 Å². The Bertz CT molecular complexity index is 1110. The van der Waals surface area contributed by atoms with E-state index in [2.05, 4.69) is 69.6 Å². The zero-order valence-corrected chi connectivity index (χ0v) is 19.3. The van der Waals surface area contributed by atoms with Gasteiger partial charge in [0, 0.05) is 37.7 Å². The van der Waals surface area contributed by atoms with E-state index in [1.165, 1.54) is 11.4 Å². The fraction of sp³-hybridized carbons (Fsp3) is 0. The standard InChI is InChI=1S/C17H15N2P.C12H11N/c1-3-9-15(10-4-1)19(16-11-5-2-6-12-16)20-17-13-7-8-14-18-17;1-3-7-11(8-4-1)13-12-9-5-2-6-10-12/h1-14,20H;1-10,13H. The highest BCUT2D eigenvalue weighted by Gasteiger charge is 2.10. The van der Waals surface area contributed by atoms with Crippen molar-refractivity contribution in [1.82, 2.24) is 4.98 Å². The highest BCUT2D eigenvalue weighted by molar-refractivity contribution is 7.49. The van der Waals surface area contributed by atoms with Gasteiger partial charge in [0.2, 0.25) is 0 Å². The molecule has 0 fully saturated rings. The van der Waals surface area contributed by atoms with Crippen molar-refractivity contribution in [3.05, 3.63) is 146 Å². The van der Waals surface area contributed by atoms with Crippen molar-refractivity contribution in [2.75, 3.05) is 9.99 Å². The molecule has 0 saturated carbocycles. The lowest BCUT2D eigenvalue weighted by atomic mass is 10.3. The van der Waals surface area contributed by atoms with Crippen molar-refractivity contribution in [3.8, 4) is 0 Å². The number of aromatic nitrogens is 1. The van der Waals surface area contributed by atoms with Gasteiger partial charge in [-0.05, 0) is 60.7 Å². The molecule has 0 bridgehead atoms. The van der Waals surface area contributed by atoms with Crippen LogP contribution in [0.4, 0.5) is 22.7 Å². The largest absolute Gasteiger partial charge is 0.356 e. The summed E-state index contributed by atoms with van der Waals surface area (Å²) in [6, 6.07) is 47.2. The monoisotopic (exact) mass is 447 g/mol. The molecule has 1 N–H and O–H groups in total. The number of pyridine rings is 1. The second-order valence-corrected chi connectivity index (χ2v) is 8.37. The van der Waals surface area contributed by atoms with E-state index < -0.39 is 0 Å². The Kier molecular flexibility index (Phi) is 8.22. The minimum absolute atomic E-state index is 0.473. The van der Waals surface area contributed by atoms with Gasteiger partial charge in [0.25, 0.3) is 0 Å². The highest BCUT2D eigenvalue weighted by Crippen LogP contribution is 2.34. The zero-order valence-electron chi connectivity index (χ0n) is 18.3. The van der Waals surface area contributed by atoms with E-state index in [4.69, 9.17) is 0 Å². The first kappa shape index (κ1) is 22.3. The van der Waals surface area contributed by atoms with E-state index in [0.717, 1.165) is 16.8 Å². The maximum atomic E-state index is 4.44. The van der Waals surface area contributed by atoms with E-state index in [-0.39, 0.29) is 0 Å². The topological polar surface area (TPSA) is 28.2 Å². The summed E-state index contributed by atoms with van der Waals surface area (Å²) >= 11 is 0. The molecule has 0 amide bonds. The Morgan fingerprint density at radius 2 is 0.909 bits per heavy atom. The molecule has 0 saturated heterocycles. The molecule has 0 spiro atoms. The van der Waals surface area contributed by atoms with Gasteiger partial charge >= 0.3 is 0 Å². The molecular formula is C29H26N3P. The Hall–Kier alpha value is -3.94. The summed E-state index contributed by atoms with van der Waals surface area (Å²) in [6.45, 7) is 0. The third kappa shape index (κ3) is 7.03. The molecule has 4 aromatic carbocycles. The summed E-state index contributed by atoms with van der Waals surface area (Å²) in [5, 5.41) is 3.30. The zero-order chi connectivity index (χ0) is 22.6. The third-order valence-electron chi connectivity index (χ3n) is 4.76. The van der Waals surface area contributed by atoms with Gasteiger partial charge in [-0.2, -0.15) is 0 Å². The third-order valence-corrected chi connectivity index (χ3v) is 6.02. The predicted octanol–water partition coefficient (Wildman–Crippen LogP) is 7.57. The fourth-order valence-electron chi connectivity index (χ4n) is 3.19. The lowest BCUT2D eigenvalue weighted by Crippen LogP contribution is -2.12. The molecule has 1 atom stereocenters. The molecule has 5 aromatic rings. The van der Waals surface area contributed by atoms with Crippen LogP contribution in [-0.4, -0.2) is 4.98 Å². The minimum Gasteiger partial charge on any atom is -0.356 e. The first-order valence-electron chi connectivity index (χ1n) is 10.8. The SMILES string of the molecule is c1ccc(N(Pc2ccccn2)c2ccccc2)cc1.c1ccc(Nc2ccccc2)cc1. The lowest BCUT2D eigenvalue weighted by Gasteiger charge is -2.24. The summed E-state index contributed by atoms with van der Waals surface area (Å²) in [4.78, 5) is 4.44. The van der Waals surface area contributed by atoms with Gasteiger partial charge in [0.15, 0.2) is 0 Å². The molecule has 0 radical (unpaired) electrons. The quantitative estimate of drug-likeness (QED) is 0.272. The van der Waals surface area contributed by atoms with Gasteiger partial charge < -0.3 is 9.99 Å². The average Bonchev–Trinajstić information content (AvgIpc) is 2.90. The van der Waals surface area contributed by atoms with E-state index in [1.54, 1.807) is 0 Å². The lowest BCUT2D eigenvalue weighted by molar-refractivity contribution is 1.37. The number of hydrogen-bond acceptors (Lipinski definition) is 3. The smallest absolute Gasteiger partial charge is 0.0811 e. The molecule has 162 valence electrons. The van der Waals surface area contributed by atoms with Crippen LogP contribution < -0.4 is 15.4 Å². The molecule has 3 nitrogen and oxygen atoms in total. The Morgan fingerprint density at radius 1 is 0.485 bits per heavy atom. The summed E-state index contributed by atoms with van der Waals surface area (Å²) in [5.74, 6) is 0. The normalized spacial score (nSPS) is 10.3. The summed E-state index contributed by atoms with van der Waals surface area (Å²) in [5.41, 5.74) is 5.69. The van der Waals surface area contributed by atoms with Crippen LogP contribution in [-0.2, 0) is 0 Å². The van der Waals surface area contributed by atoms with E-state index in [1.807, 2.05) is 91.1 Å². The first-order chi connectivity index (χ1) is 16.4. The minimum atomic E-state index is 0.473. The van der Waals surface area contributed by atoms with Gasteiger partial charge in [-0.1, -0.05) is 78.9 Å². The molecule has 4 heteroatoms. The van der Waals surface area contributed by atoms with Crippen molar-refractivity contribution < 1.29 is 0 Å². The van der Waals surface area contributed by atoms with Crippen molar-refractivity contribution in [3.63, 3.8) is 0 Å². The van der Waals surface area contributed by atoms with E-state index in [0.29, 0.717) is 8.73 Å². The second-order valence-electron chi connectivity index (χ2n) is 7.19. The van der Waals surface area contributed by atoms with Crippen LogP contribution >= 0.6 is 8.73 Å². The number of hydrogen-bond donors (Lipinski definition) is 1. The molecule has 33 heavy (non-hydrogen) atoms. The molecular weight excluding hydrogens is 421 g/mol. The van der Waals surface area contributed by atoms with Gasteiger partial charge in [-0.3, -0.25) is 4.98 Å². The maximum Gasteiger partial charge on any atom is 0.0811 e. The van der Waals surface area contributed by atoms with Crippen LogP contribution in [0.2, 0.25) is 0 Å². The number of anilines is 4. The molecule has 1 aromatic heterocycles. The van der Waals surface area contributed by atoms with E-state index in [9.17, 15) is 0 Å². The Morgan fingerprint density at radius 3 is 1.33 bits per heavy atom. The van der Waals surface area contributed by atoms with Crippen molar-refractivity contribution in [1.29, 1.82) is 0 Å². The second kappa shape index (κ2) is 12.2. The van der Waals surface area contributed by atoms with Crippen molar-refractivity contribution in [2.24, 2.45) is 0 Å². The molecule has 0 aliphatic heterocycles. The molecule has 0 aliphatic carbocycles. The average molecular weight is 448 g/mol. The van der Waals surface area contributed by atoms with Gasteiger partial charge in [-0.25, -0.2) is 0 Å². The van der Waals surface area contributed by atoms with Crippen LogP contribution in [0.15, 0.2) is 146 Å². The number of rotatable bonds is 6. The van der Waals surface area contributed by atoms with Gasteiger partial charge in [0.05, 0.1) is 5.44 Å². The van der Waals surface area contributed by atoms with Crippen LogP contribution in [0.3, 0.4) is 0 Å². The summed E-state index contributed by atoms with van der Waals surface area (Å²) in [6.07, 6.45) is 1.84. The molecule has 1 unspecified atom stereocenters. The van der Waals surface area contributed by atoms with Crippen molar-refractivity contribution >= 4 is 36.9 Å². The predicted molar refractivity (Wildman–Crippen MR) is 143 cm³/mol. The van der Waals surface area contributed by atoms with E-state index >= 15 is 0 Å². The van der Waals surface area contributed by atoms with Gasteiger partial charge in [0.1, 0.15) is 0 Å². The molecule has 5 rings (SSSR count). The van der Waals surface area contributed by atoms with Crippen LogP contribution in [0, 0.1) is 0 Å². The summed E-state index contributed by atoms with van der Waals surface area (Å²) < 4.78 is 2.29. The van der Waals surface area contributed by atoms with Crippen molar-refractivity contribution in [2.45, 2.75) is 0 Å². The molecule has 0 aliphatic rings. The number of benzene rings is 4. The van der Waals surface area contributed by atoms with Crippen LogP contribution in [0.25, 0.3) is 0 Å². The summed E-state index contributed by atoms with van der Waals surface area (Å²) in [7, 11) is 0.473.